The molecule has 0 amide bonds. The van der Waals surface area contributed by atoms with Gasteiger partial charge in [-0.05, 0) is 48.2 Å². The minimum absolute atomic E-state index is 0.117. The summed E-state index contributed by atoms with van der Waals surface area (Å²) in [5, 5.41) is 5.42. The van der Waals surface area contributed by atoms with Crippen LogP contribution in [0.1, 0.15) is 5.56 Å². The maximum Gasteiger partial charge on any atom is 0.272 e. The predicted octanol–water partition coefficient (Wildman–Crippen LogP) is 5.20. The van der Waals surface area contributed by atoms with Crippen LogP contribution in [-0.4, -0.2) is 18.4 Å². The molecule has 0 bridgehead atoms. The van der Waals surface area contributed by atoms with E-state index in [0.717, 1.165) is 16.9 Å². The summed E-state index contributed by atoms with van der Waals surface area (Å²) in [6, 6.07) is 15.9. The normalized spacial score (nSPS) is 11.5. The average molecular weight is 431 g/mol. The molecule has 2 N–H and O–H groups in total. The lowest BCUT2D eigenvalue weighted by atomic mass is 10.2. The fourth-order valence-corrected chi connectivity index (χ4v) is 4.78. The summed E-state index contributed by atoms with van der Waals surface area (Å²) >= 11 is 7.24. The number of halogens is 1. The zero-order valence-electron chi connectivity index (χ0n) is 14.7. The molecule has 0 unspecified atom stereocenters. The van der Waals surface area contributed by atoms with Gasteiger partial charge in [-0.15, -0.1) is 11.3 Å². The van der Waals surface area contributed by atoms with Crippen molar-refractivity contribution < 1.29 is 8.42 Å². The van der Waals surface area contributed by atoms with Crippen molar-refractivity contribution in [2.75, 3.05) is 10.0 Å². The van der Waals surface area contributed by atoms with Crippen LogP contribution in [0.5, 0.6) is 0 Å². The molecule has 0 aliphatic carbocycles. The van der Waals surface area contributed by atoms with Crippen LogP contribution < -0.4 is 10.0 Å². The summed E-state index contributed by atoms with van der Waals surface area (Å²) in [5.74, 6) is 0.413. The number of benzene rings is 2. The quantitative estimate of drug-likeness (QED) is 0.454. The topological polar surface area (TPSA) is 84.0 Å². The number of sulfonamides is 1. The standard InChI is InChI=1S/C19H15ClN4O2S2/c1-12-8-9-13(20)11-16(12)23-18-19(22-15-6-3-2-5-14(15)21-18)24-28(25,26)17-7-4-10-27-17/h2-11H,1H3,(H,21,23)(H,22,24). The van der Waals surface area contributed by atoms with E-state index in [2.05, 4.69) is 20.0 Å². The molecule has 4 aromatic rings. The Labute approximate surface area is 171 Å². The molecule has 28 heavy (non-hydrogen) atoms. The number of rotatable bonds is 5. The Kier molecular flexibility index (Phi) is 4.92. The van der Waals surface area contributed by atoms with Gasteiger partial charge < -0.3 is 5.32 Å². The molecule has 0 saturated carbocycles. The number of aromatic nitrogens is 2. The molecule has 4 rings (SSSR count). The van der Waals surface area contributed by atoms with Crippen LogP contribution in [0.3, 0.4) is 0 Å². The summed E-state index contributed by atoms with van der Waals surface area (Å²) in [7, 11) is -3.77. The number of para-hydroxylation sites is 2. The van der Waals surface area contributed by atoms with Gasteiger partial charge in [-0.25, -0.2) is 18.4 Å². The van der Waals surface area contributed by atoms with Gasteiger partial charge in [0, 0.05) is 10.7 Å². The van der Waals surface area contributed by atoms with Crippen molar-refractivity contribution in [3.63, 3.8) is 0 Å². The zero-order valence-corrected chi connectivity index (χ0v) is 17.1. The lowest BCUT2D eigenvalue weighted by molar-refractivity contribution is 0.603. The van der Waals surface area contributed by atoms with Gasteiger partial charge in [0.15, 0.2) is 11.6 Å². The first kappa shape index (κ1) is 18.7. The molecule has 142 valence electrons. The van der Waals surface area contributed by atoms with E-state index < -0.39 is 10.0 Å². The van der Waals surface area contributed by atoms with Crippen molar-refractivity contribution in [3.8, 4) is 0 Å². The smallest absolute Gasteiger partial charge is 0.272 e. The zero-order chi connectivity index (χ0) is 19.7. The van der Waals surface area contributed by atoms with Crippen LogP contribution in [0.25, 0.3) is 11.0 Å². The Bertz CT molecular complexity index is 1260. The lowest BCUT2D eigenvalue weighted by Crippen LogP contribution is -2.15. The minimum atomic E-state index is -3.77. The number of aryl methyl sites for hydroxylation is 1. The van der Waals surface area contributed by atoms with Crippen LogP contribution in [0.4, 0.5) is 17.3 Å². The Morgan fingerprint density at radius 2 is 1.68 bits per heavy atom. The number of nitrogens with zero attached hydrogens (tertiary/aromatic N) is 2. The Morgan fingerprint density at radius 3 is 2.36 bits per heavy atom. The van der Waals surface area contributed by atoms with E-state index in [1.807, 2.05) is 31.2 Å². The summed E-state index contributed by atoms with van der Waals surface area (Å²) in [6.45, 7) is 1.92. The third kappa shape index (κ3) is 3.80. The summed E-state index contributed by atoms with van der Waals surface area (Å²) in [6.07, 6.45) is 0. The molecule has 0 atom stereocenters. The molecule has 0 aliphatic rings. The van der Waals surface area contributed by atoms with E-state index in [1.165, 1.54) is 6.07 Å². The lowest BCUT2D eigenvalue weighted by Gasteiger charge is -2.14. The van der Waals surface area contributed by atoms with Gasteiger partial charge >= 0.3 is 0 Å². The Morgan fingerprint density at radius 1 is 0.964 bits per heavy atom. The minimum Gasteiger partial charge on any atom is -0.337 e. The third-order valence-electron chi connectivity index (χ3n) is 4.01. The van der Waals surface area contributed by atoms with Crippen LogP contribution in [0.2, 0.25) is 5.02 Å². The highest BCUT2D eigenvalue weighted by Crippen LogP contribution is 2.30. The van der Waals surface area contributed by atoms with Crippen molar-refractivity contribution in [2.45, 2.75) is 11.1 Å². The maximum atomic E-state index is 12.7. The third-order valence-corrected chi connectivity index (χ3v) is 6.99. The molecule has 2 aromatic carbocycles. The number of nitrogens with one attached hydrogen (secondary N) is 2. The highest BCUT2D eigenvalue weighted by molar-refractivity contribution is 7.94. The fraction of sp³-hybridized carbons (Fsp3) is 0.0526. The number of fused-ring (bicyclic) bond motifs is 1. The van der Waals surface area contributed by atoms with E-state index in [-0.39, 0.29) is 10.0 Å². The first-order valence-electron chi connectivity index (χ1n) is 8.29. The molecular formula is C19H15ClN4O2S2. The van der Waals surface area contributed by atoms with Gasteiger partial charge in [0.05, 0.1) is 11.0 Å². The number of thiophene rings is 1. The molecular weight excluding hydrogens is 416 g/mol. The van der Waals surface area contributed by atoms with Crippen LogP contribution in [0.15, 0.2) is 64.2 Å². The van der Waals surface area contributed by atoms with Crippen LogP contribution in [-0.2, 0) is 10.0 Å². The SMILES string of the molecule is Cc1ccc(Cl)cc1Nc1nc2ccccc2nc1NS(=O)(=O)c1cccs1. The summed E-state index contributed by atoms with van der Waals surface area (Å²) in [4.78, 5) is 9.04. The van der Waals surface area contributed by atoms with Crippen LogP contribution in [0, 0.1) is 6.92 Å². The second-order valence-electron chi connectivity index (χ2n) is 6.03. The Balaban J connectivity index is 1.82. The summed E-state index contributed by atoms with van der Waals surface area (Å²) in [5.41, 5.74) is 2.88. The monoisotopic (exact) mass is 430 g/mol. The van der Waals surface area contributed by atoms with Gasteiger partial charge in [-0.1, -0.05) is 35.9 Å². The number of hydrogen-bond acceptors (Lipinski definition) is 6. The first-order chi connectivity index (χ1) is 13.4. The van der Waals surface area contributed by atoms with Crippen molar-refractivity contribution in [2.24, 2.45) is 0 Å². The second kappa shape index (κ2) is 7.38. The Hall–Kier alpha value is -2.68. The molecule has 0 fully saturated rings. The van der Waals surface area contributed by atoms with Crippen molar-refractivity contribution in [1.82, 2.24) is 9.97 Å². The van der Waals surface area contributed by atoms with Crippen molar-refractivity contribution in [1.29, 1.82) is 0 Å². The average Bonchev–Trinajstić information content (AvgIpc) is 3.21. The molecule has 0 saturated heterocycles. The highest BCUT2D eigenvalue weighted by atomic mass is 35.5. The van der Waals surface area contributed by atoms with E-state index in [1.54, 1.807) is 29.6 Å². The van der Waals surface area contributed by atoms with Gasteiger partial charge in [0.2, 0.25) is 0 Å². The molecule has 2 aromatic heterocycles. The number of anilines is 3. The fourth-order valence-electron chi connectivity index (χ4n) is 2.61. The van der Waals surface area contributed by atoms with Crippen molar-refractivity contribution in [3.05, 3.63) is 70.6 Å². The summed E-state index contributed by atoms with van der Waals surface area (Å²) < 4.78 is 28.2. The van der Waals surface area contributed by atoms with Gasteiger partial charge in [-0.3, -0.25) is 4.72 Å². The van der Waals surface area contributed by atoms with E-state index in [9.17, 15) is 8.42 Å². The molecule has 9 heteroatoms. The second-order valence-corrected chi connectivity index (χ2v) is 9.32. The predicted molar refractivity (Wildman–Crippen MR) is 114 cm³/mol. The molecule has 0 aliphatic heterocycles. The van der Waals surface area contributed by atoms with E-state index in [4.69, 9.17) is 11.6 Å². The highest BCUT2D eigenvalue weighted by Gasteiger charge is 2.20. The van der Waals surface area contributed by atoms with Gasteiger partial charge in [-0.2, -0.15) is 0 Å². The van der Waals surface area contributed by atoms with Gasteiger partial charge in [0.1, 0.15) is 4.21 Å². The molecule has 2 heterocycles. The van der Waals surface area contributed by atoms with E-state index >= 15 is 0 Å². The van der Waals surface area contributed by atoms with Crippen LogP contribution >= 0.6 is 22.9 Å². The molecule has 0 spiro atoms. The molecule has 6 nitrogen and oxygen atoms in total. The van der Waals surface area contributed by atoms with Crippen molar-refractivity contribution >= 4 is 61.3 Å². The van der Waals surface area contributed by atoms with Gasteiger partial charge in [0.25, 0.3) is 10.0 Å². The van der Waals surface area contributed by atoms with E-state index in [0.29, 0.717) is 27.6 Å². The largest absolute Gasteiger partial charge is 0.337 e. The first-order valence-corrected chi connectivity index (χ1v) is 11.0. The molecule has 0 radical (unpaired) electrons. The number of hydrogen-bond donors (Lipinski definition) is 2. The maximum absolute atomic E-state index is 12.7.